The van der Waals surface area contributed by atoms with Crippen LogP contribution in [0.5, 0.6) is 5.75 Å². The predicted octanol–water partition coefficient (Wildman–Crippen LogP) is 4.28. The molecule has 1 unspecified atom stereocenters. The maximum absolute atomic E-state index is 10.7. The van der Waals surface area contributed by atoms with Crippen LogP contribution in [0, 0.1) is 10.1 Å². The topological polar surface area (TPSA) is 55.6 Å². The Morgan fingerprint density at radius 3 is 2.32 bits per heavy atom. The van der Waals surface area contributed by atoms with Crippen molar-refractivity contribution in [2.75, 3.05) is 14.1 Å². The first-order chi connectivity index (χ1) is 9.99. The zero-order valence-electron chi connectivity index (χ0n) is 12.7. The van der Waals surface area contributed by atoms with Crippen molar-refractivity contribution in [3.63, 3.8) is 0 Å². The van der Waals surface area contributed by atoms with Crippen LogP contribution in [0.3, 0.4) is 0 Å². The number of ether oxygens (including phenoxy) is 1. The average Bonchev–Trinajstić information content (AvgIpc) is 2.99. The number of halogens is 1. The first-order valence-electron chi connectivity index (χ1n) is 6.64. The van der Waals surface area contributed by atoms with E-state index in [-0.39, 0.29) is 18.1 Å². The van der Waals surface area contributed by atoms with Gasteiger partial charge in [0.2, 0.25) is 0 Å². The van der Waals surface area contributed by atoms with Crippen LogP contribution in [-0.4, -0.2) is 23.9 Å². The molecule has 0 fully saturated rings. The smallest absolute Gasteiger partial charge is 0.269 e. The highest BCUT2D eigenvalue weighted by Gasteiger charge is 2.36. The van der Waals surface area contributed by atoms with E-state index in [1.54, 1.807) is 23.5 Å². The molecule has 7 heteroatoms. The minimum atomic E-state index is -0.565. The Balaban J connectivity index is 0.00000242. The third kappa shape index (κ3) is 3.58. The van der Waals surface area contributed by atoms with E-state index in [0.717, 1.165) is 11.3 Å². The molecule has 0 N–H and O–H groups in total. The van der Waals surface area contributed by atoms with Gasteiger partial charge in [-0.1, -0.05) is 13.0 Å². The number of hydrogen-bond donors (Lipinski definition) is 0. The standard InChI is InChI=1S/C15H18N2O3S.ClH/c1-4-15(16(2)3,14-6-5-11-21-14)20-13-9-7-12(8-10-13)17(18)19;/h5-11H,4H2,1-3H3;1H. The third-order valence-corrected chi connectivity index (χ3v) is 4.44. The minimum absolute atomic E-state index is 0. The van der Waals surface area contributed by atoms with Crippen LogP contribution in [0.1, 0.15) is 18.2 Å². The Labute approximate surface area is 140 Å². The summed E-state index contributed by atoms with van der Waals surface area (Å²) >= 11 is 1.64. The van der Waals surface area contributed by atoms with E-state index >= 15 is 0 Å². The number of non-ortho nitro benzene ring substituents is 1. The molecule has 1 aromatic heterocycles. The quantitative estimate of drug-likeness (QED) is 0.446. The van der Waals surface area contributed by atoms with Crippen LogP contribution in [0.25, 0.3) is 0 Å². The fraction of sp³-hybridized carbons (Fsp3) is 0.333. The molecule has 1 atom stereocenters. The van der Waals surface area contributed by atoms with Crippen molar-refractivity contribution in [3.8, 4) is 5.75 Å². The second-order valence-corrected chi connectivity index (χ2v) is 5.81. The molecular formula is C15H19ClN2O3S. The molecule has 0 radical (unpaired) electrons. The van der Waals surface area contributed by atoms with Gasteiger partial charge in [0.15, 0.2) is 5.72 Å². The maximum Gasteiger partial charge on any atom is 0.269 e. The summed E-state index contributed by atoms with van der Waals surface area (Å²) in [5, 5.41) is 12.7. The summed E-state index contributed by atoms with van der Waals surface area (Å²) in [6, 6.07) is 10.2. The van der Waals surface area contributed by atoms with E-state index in [2.05, 4.69) is 6.92 Å². The number of rotatable bonds is 6. The molecule has 120 valence electrons. The van der Waals surface area contributed by atoms with Gasteiger partial charge in [0.05, 0.1) is 9.80 Å². The molecule has 0 bridgehead atoms. The number of thiophene rings is 1. The molecule has 0 spiro atoms. The van der Waals surface area contributed by atoms with Crippen LogP contribution in [0.2, 0.25) is 0 Å². The molecule has 0 saturated carbocycles. The van der Waals surface area contributed by atoms with Crippen molar-refractivity contribution in [1.82, 2.24) is 4.90 Å². The van der Waals surface area contributed by atoms with Gasteiger partial charge in [-0.25, -0.2) is 0 Å². The van der Waals surface area contributed by atoms with Crippen molar-refractivity contribution in [2.45, 2.75) is 19.1 Å². The SMILES string of the molecule is CCC(Oc1ccc([N+](=O)[O-])cc1)(c1cccs1)N(C)C.Cl. The van der Waals surface area contributed by atoms with E-state index in [9.17, 15) is 10.1 Å². The van der Waals surface area contributed by atoms with Gasteiger partial charge in [-0.15, -0.1) is 23.7 Å². The van der Waals surface area contributed by atoms with Crippen LogP contribution >= 0.6 is 23.7 Å². The Kier molecular flexibility index (Phi) is 6.34. The van der Waals surface area contributed by atoms with E-state index in [1.165, 1.54) is 12.1 Å². The van der Waals surface area contributed by atoms with Crippen molar-refractivity contribution in [3.05, 3.63) is 56.8 Å². The minimum Gasteiger partial charge on any atom is -0.468 e. The van der Waals surface area contributed by atoms with Crippen molar-refractivity contribution < 1.29 is 9.66 Å². The monoisotopic (exact) mass is 342 g/mol. The van der Waals surface area contributed by atoms with Gasteiger partial charge in [0, 0.05) is 18.6 Å². The van der Waals surface area contributed by atoms with E-state index < -0.39 is 10.6 Å². The van der Waals surface area contributed by atoms with Crippen molar-refractivity contribution in [1.29, 1.82) is 0 Å². The largest absolute Gasteiger partial charge is 0.468 e. The van der Waals surface area contributed by atoms with Crippen LogP contribution in [0.15, 0.2) is 41.8 Å². The lowest BCUT2D eigenvalue weighted by Gasteiger charge is -2.38. The van der Waals surface area contributed by atoms with Crippen molar-refractivity contribution in [2.24, 2.45) is 0 Å². The van der Waals surface area contributed by atoms with Gasteiger partial charge in [-0.3, -0.25) is 15.0 Å². The zero-order valence-corrected chi connectivity index (χ0v) is 14.3. The first kappa shape index (κ1) is 18.4. The van der Waals surface area contributed by atoms with Crippen LogP contribution in [-0.2, 0) is 5.72 Å². The molecule has 0 saturated heterocycles. The fourth-order valence-corrected chi connectivity index (χ4v) is 3.27. The molecular weight excluding hydrogens is 324 g/mol. The molecule has 0 aliphatic heterocycles. The van der Waals surface area contributed by atoms with Gasteiger partial charge in [-0.05, 0) is 37.7 Å². The molecule has 2 aromatic rings. The Hall–Kier alpha value is -1.63. The molecule has 0 aliphatic rings. The Bertz CT molecular complexity index is 602. The van der Waals surface area contributed by atoms with E-state index in [4.69, 9.17) is 4.74 Å². The Morgan fingerprint density at radius 1 is 1.27 bits per heavy atom. The summed E-state index contributed by atoms with van der Waals surface area (Å²) in [6.45, 7) is 2.06. The number of nitro benzene ring substituents is 1. The van der Waals surface area contributed by atoms with Gasteiger partial charge in [0.1, 0.15) is 5.75 Å². The van der Waals surface area contributed by atoms with E-state index in [1.807, 2.05) is 36.5 Å². The summed E-state index contributed by atoms with van der Waals surface area (Å²) in [6.07, 6.45) is 0.761. The van der Waals surface area contributed by atoms with Gasteiger partial charge < -0.3 is 4.74 Å². The predicted molar refractivity (Wildman–Crippen MR) is 90.9 cm³/mol. The first-order valence-corrected chi connectivity index (χ1v) is 7.52. The summed E-state index contributed by atoms with van der Waals surface area (Å²) in [4.78, 5) is 13.4. The van der Waals surface area contributed by atoms with Crippen LogP contribution < -0.4 is 4.74 Å². The highest BCUT2D eigenvalue weighted by molar-refractivity contribution is 7.10. The summed E-state index contributed by atoms with van der Waals surface area (Å²) in [5.74, 6) is 0.615. The average molecular weight is 343 g/mol. The Morgan fingerprint density at radius 2 is 1.91 bits per heavy atom. The van der Waals surface area contributed by atoms with E-state index in [0.29, 0.717) is 5.75 Å². The molecule has 2 rings (SSSR count). The lowest BCUT2D eigenvalue weighted by Crippen LogP contribution is -2.45. The fourth-order valence-electron chi connectivity index (χ4n) is 2.26. The number of hydrogen-bond acceptors (Lipinski definition) is 5. The zero-order chi connectivity index (χ0) is 15.5. The number of nitro groups is 1. The summed E-state index contributed by atoms with van der Waals surface area (Å²) < 4.78 is 6.21. The van der Waals surface area contributed by atoms with Gasteiger partial charge in [-0.2, -0.15) is 0 Å². The summed E-state index contributed by atoms with van der Waals surface area (Å²) in [5.41, 5.74) is -0.505. The van der Waals surface area contributed by atoms with Crippen LogP contribution in [0.4, 0.5) is 5.69 Å². The van der Waals surface area contributed by atoms with Gasteiger partial charge >= 0.3 is 0 Å². The molecule has 0 aliphatic carbocycles. The maximum atomic E-state index is 10.7. The molecule has 1 aromatic carbocycles. The lowest BCUT2D eigenvalue weighted by atomic mass is 10.1. The second-order valence-electron chi connectivity index (χ2n) is 4.86. The summed E-state index contributed by atoms with van der Waals surface area (Å²) in [7, 11) is 3.93. The second kappa shape index (κ2) is 7.58. The normalized spacial score (nSPS) is 13.3. The van der Waals surface area contributed by atoms with Gasteiger partial charge in [0.25, 0.3) is 5.69 Å². The third-order valence-electron chi connectivity index (χ3n) is 3.44. The van der Waals surface area contributed by atoms with Crippen molar-refractivity contribution >= 4 is 29.4 Å². The molecule has 22 heavy (non-hydrogen) atoms. The molecule has 5 nitrogen and oxygen atoms in total. The molecule has 1 heterocycles. The number of nitrogens with zero attached hydrogens (tertiary/aromatic N) is 2. The highest BCUT2D eigenvalue weighted by atomic mass is 35.5. The highest BCUT2D eigenvalue weighted by Crippen LogP contribution is 2.36. The lowest BCUT2D eigenvalue weighted by molar-refractivity contribution is -0.384. The molecule has 0 amide bonds. The number of benzene rings is 1.